The Kier molecular flexibility index (Phi) is 5.30. The van der Waals surface area contributed by atoms with E-state index in [1.807, 2.05) is 6.92 Å². The molecule has 0 saturated carbocycles. The van der Waals surface area contributed by atoms with Crippen LogP contribution >= 0.6 is 0 Å². The van der Waals surface area contributed by atoms with Crippen LogP contribution in [-0.2, 0) is 17.8 Å². The molecule has 1 amide bonds. The van der Waals surface area contributed by atoms with Crippen LogP contribution in [0.15, 0.2) is 4.52 Å². The highest BCUT2D eigenvalue weighted by molar-refractivity contribution is 5.76. The number of rotatable bonds is 6. The summed E-state index contributed by atoms with van der Waals surface area (Å²) in [7, 11) is 0. The maximum atomic E-state index is 12.2. The summed E-state index contributed by atoms with van der Waals surface area (Å²) in [6, 6.07) is 0.813. The molecule has 1 aromatic heterocycles. The molecule has 0 aromatic carbocycles. The van der Waals surface area contributed by atoms with Gasteiger partial charge in [0.1, 0.15) is 0 Å². The Morgan fingerprint density at radius 1 is 1.22 bits per heavy atom. The van der Waals surface area contributed by atoms with Gasteiger partial charge in [0.15, 0.2) is 5.82 Å². The first-order valence-electron chi connectivity index (χ1n) is 9.08. The first-order valence-corrected chi connectivity index (χ1v) is 9.08. The predicted octanol–water partition coefficient (Wildman–Crippen LogP) is 2.39. The van der Waals surface area contributed by atoms with Crippen LogP contribution in [0.5, 0.6) is 0 Å². The maximum Gasteiger partial charge on any atom is 0.226 e. The standard InChI is InChI=1S/C17H28N4O2/c1-3-7-16-18-15(19-23-16)12-20-10-5-8-13(20)14-9-6-11-21(14)17(22)4-2/h13-14H,3-12H2,1-2H3/t13-,14+/m0/s1. The maximum absolute atomic E-state index is 12.2. The molecule has 23 heavy (non-hydrogen) atoms. The summed E-state index contributed by atoms with van der Waals surface area (Å²) < 4.78 is 5.30. The molecular weight excluding hydrogens is 292 g/mol. The molecule has 1 aromatic rings. The number of nitrogens with zero attached hydrogens (tertiary/aromatic N) is 4. The molecule has 0 bridgehead atoms. The van der Waals surface area contributed by atoms with E-state index in [0.717, 1.165) is 63.5 Å². The number of carbonyl (C=O) groups is 1. The van der Waals surface area contributed by atoms with Crippen molar-refractivity contribution in [2.75, 3.05) is 13.1 Å². The lowest BCUT2D eigenvalue weighted by atomic mass is 10.0. The topological polar surface area (TPSA) is 62.5 Å². The first-order chi connectivity index (χ1) is 11.2. The molecule has 0 aliphatic carbocycles. The van der Waals surface area contributed by atoms with Gasteiger partial charge in [-0.05, 0) is 38.6 Å². The first kappa shape index (κ1) is 16.4. The third-order valence-corrected chi connectivity index (χ3v) is 5.10. The molecule has 0 radical (unpaired) electrons. The second kappa shape index (κ2) is 7.43. The van der Waals surface area contributed by atoms with Crippen molar-refractivity contribution >= 4 is 5.91 Å². The molecule has 2 saturated heterocycles. The average molecular weight is 320 g/mol. The molecule has 0 N–H and O–H groups in total. The fourth-order valence-corrected chi connectivity index (χ4v) is 4.04. The van der Waals surface area contributed by atoms with Crippen LogP contribution in [0.1, 0.15) is 64.1 Å². The molecule has 2 aliphatic rings. The van der Waals surface area contributed by atoms with Crippen molar-refractivity contribution < 1.29 is 9.32 Å². The Morgan fingerprint density at radius 2 is 2.00 bits per heavy atom. The van der Waals surface area contributed by atoms with E-state index in [-0.39, 0.29) is 0 Å². The highest BCUT2D eigenvalue weighted by Gasteiger charge is 2.39. The quantitative estimate of drug-likeness (QED) is 0.805. The zero-order valence-corrected chi connectivity index (χ0v) is 14.3. The van der Waals surface area contributed by atoms with Gasteiger partial charge in [-0.15, -0.1) is 0 Å². The highest BCUT2D eigenvalue weighted by Crippen LogP contribution is 2.31. The summed E-state index contributed by atoms with van der Waals surface area (Å²) in [6.07, 6.45) is 7.08. The average Bonchev–Trinajstić information content (AvgIpc) is 3.27. The fraction of sp³-hybridized carbons (Fsp3) is 0.824. The van der Waals surface area contributed by atoms with Crippen molar-refractivity contribution in [1.82, 2.24) is 19.9 Å². The number of aryl methyl sites for hydroxylation is 1. The van der Waals surface area contributed by atoms with E-state index >= 15 is 0 Å². The van der Waals surface area contributed by atoms with Gasteiger partial charge in [-0.1, -0.05) is 19.0 Å². The highest BCUT2D eigenvalue weighted by atomic mass is 16.5. The minimum absolute atomic E-state index is 0.296. The molecule has 6 heteroatoms. The fourth-order valence-electron chi connectivity index (χ4n) is 4.04. The molecule has 0 unspecified atom stereocenters. The van der Waals surface area contributed by atoms with Gasteiger partial charge in [0, 0.05) is 31.5 Å². The second-order valence-electron chi connectivity index (χ2n) is 6.68. The normalized spacial score (nSPS) is 25.4. The summed E-state index contributed by atoms with van der Waals surface area (Å²) in [5, 5.41) is 4.12. The molecule has 3 rings (SSSR count). The Labute approximate surface area is 138 Å². The van der Waals surface area contributed by atoms with Crippen LogP contribution in [0.4, 0.5) is 0 Å². The number of carbonyl (C=O) groups excluding carboxylic acids is 1. The predicted molar refractivity (Wildman–Crippen MR) is 86.8 cm³/mol. The van der Waals surface area contributed by atoms with E-state index in [1.54, 1.807) is 0 Å². The summed E-state index contributed by atoms with van der Waals surface area (Å²) in [6.45, 7) is 6.79. The van der Waals surface area contributed by atoms with E-state index in [9.17, 15) is 4.79 Å². The van der Waals surface area contributed by atoms with Gasteiger partial charge >= 0.3 is 0 Å². The lowest BCUT2D eigenvalue weighted by Gasteiger charge is -2.34. The minimum atomic E-state index is 0.296. The largest absolute Gasteiger partial charge is 0.339 e. The van der Waals surface area contributed by atoms with Crippen LogP contribution in [0.3, 0.4) is 0 Å². The SMILES string of the molecule is CCCc1nc(CN2CCC[C@H]2[C@H]2CCCN2C(=O)CC)no1. The Balaban J connectivity index is 1.66. The van der Waals surface area contributed by atoms with Crippen molar-refractivity contribution in [3.8, 4) is 0 Å². The van der Waals surface area contributed by atoms with Crippen LogP contribution in [0.2, 0.25) is 0 Å². The summed E-state index contributed by atoms with van der Waals surface area (Å²) in [5.74, 6) is 1.82. The third kappa shape index (κ3) is 3.57. The van der Waals surface area contributed by atoms with Crippen LogP contribution in [-0.4, -0.2) is 51.0 Å². The number of hydrogen-bond acceptors (Lipinski definition) is 5. The summed E-state index contributed by atoms with van der Waals surface area (Å²) in [4.78, 5) is 21.2. The number of likely N-dealkylation sites (tertiary alicyclic amines) is 2. The van der Waals surface area contributed by atoms with Crippen molar-refractivity contribution in [2.24, 2.45) is 0 Å². The molecular formula is C17H28N4O2. The molecule has 6 nitrogen and oxygen atoms in total. The van der Waals surface area contributed by atoms with Gasteiger partial charge in [0.05, 0.1) is 6.54 Å². The van der Waals surface area contributed by atoms with E-state index in [2.05, 4.69) is 26.9 Å². The van der Waals surface area contributed by atoms with E-state index in [4.69, 9.17) is 4.52 Å². The van der Waals surface area contributed by atoms with Gasteiger partial charge in [0.25, 0.3) is 0 Å². The van der Waals surface area contributed by atoms with Crippen LogP contribution < -0.4 is 0 Å². The second-order valence-corrected chi connectivity index (χ2v) is 6.68. The monoisotopic (exact) mass is 320 g/mol. The van der Waals surface area contributed by atoms with Crippen molar-refractivity contribution in [2.45, 2.75) is 77.4 Å². The Bertz CT molecular complexity index is 530. The molecule has 2 fully saturated rings. The van der Waals surface area contributed by atoms with Crippen LogP contribution in [0.25, 0.3) is 0 Å². The van der Waals surface area contributed by atoms with Crippen molar-refractivity contribution in [3.63, 3.8) is 0 Å². The zero-order chi connectivity index (χ0) is 16.2. The third-order valence-electron chi connectivity index (χ3n) is 5.10. The molecule has 3 heterocycles. The van der Waals surface area contributed by atoms with E-state index in [1.165, 1.54) is 6.42 Å². The minimum Gasteiger partial charge on any atom is -0.339 e. The summed E-state index contributed by atoms with van der Waals surface area (Å²) in [5.41, 5.74) is 0. The molecule has 2 aliphatic heterocycles. The van der Waals surface area contributed by atoms with Gasteiger partial charge in [-0.25, -0.2) is 0 Å². The lowest BCUT2D eigenvalue weighted by Crippen LogP contribution is -2.48. The van der Waals surface area contributed by atoms with Gasteiger partial charge in [-0.3, -0.25) is 9.69 Å². The van der Waals surface area contributed by atoms with E-state index in [0.29, 0.717) is 24.4 Å². The number of aromatic nitrogens is 2. The van der Waals surface area contributed by atoms with Crippen molar-refractivity contribution in [1.29, 1.82) is 0 Å². The zero-order valence-electron chi connectivity index (χ0n) is 14.3. The van der Waals surface area contributed by atoms with Gasteiger partial charge in [-0.2, -0.15) is 4.98 Å². The number of hydrogen-bond donors (Lipinski definition) is 0. The smallest absolute Gasteiger partial charge is 0.226 e. The van der Waals surface area contributed by atoms with E-state index < -0.39 is 0 Å². The van der Waals surface area contributed by atoms with Crippen LogP contribution in [0, 0.1) is 0 Å². The molecule has 128 valence electrons. The Hall–Kier alpha value is -1.43. The molecule has 2 atom stereocenters. The van der Waals surface area contributed by atoms with Gasteiger partial charge in [0.2, 0.25) is 11.8 Å². The molecule has 0 spiro atoms. The lowest BCUT2D eigenvalue weighted by molar-refractivity contribution is -0.132. The summed E-state index contributed by atoms with van der Waals surface area (Å²) >= 11 is 0. The number of amides is 1. The van der Waals surface area contributed by atoms with Gasteiger partial charge < -0.3 is 9.42 Å². The Morgan fingerprint density at radius 3 is 2.78 bits per heavy atom. The van der Waals surface area contributed by atoms with Crippen molar-refractivity contribution in [3.05, 3.63) is 11.7 Å².